The van der Waals surface area contributed by atoms with Crippen LogP contribution in [-0.2, 0) is 6.18 Å². The molecule has 146 valence electrons. The molecule has 0 saturated carbocycles. The average molecular weight is 396 g/mol. The van der Waals surface area contributed by atoms with Crippen LogP contribution in [0.3, 0.4) is 0 Å². The van der Waals surface area contributed by atoms with Crippen LogP contribution in [0, 0.1) is 0 Å². The Kier molecular flexibility index (Phi) is 6.48. The van der Waals surface area contributed by atoms with Crippen LogP contribution in [0.25, 0.3) is 0 Å². The molecule has 0 spiro atoms. The number of alkyl halides is 7. The molecule has 0 aromatic heterocycles. The number of hydrogen-bond acceptors (Lipinski definition) is 4. The average Bonchev–Trinajstić information content (AvgIpc) is 2.55. The molecule has 0 saturated heterocycles. The molecule has 27 heavy (non-hydrogen) atoms. The minimum Gasteiger partial charge on any atom is -0.435 e. The third kappa shape index (κ3) is 6.04. The van der Waals surface area contributed by atoms with Crippen molar-refractivity contribution < 1.29 is 40.2 Å². The van der Waals surface area contributed by atoms with Gasteiger partial charge in [-0.05, 0) is 24.3 Å². The molecular weight excluding hydrogens is 385 g/mol. The van der Waals surface area contributed by atoms with Gasteiger partial charge in [-0.25, -0.2) is 0 Å². The molecular formula is C16H11F7N2O2. The summed E-state index contributed by atoms with van der Waals surface area (Å²) in [6.45, 7) is -6.44. The molecule has 0 aliphatic heterocycles. The minimum atomic E-state index is -4.63. The Hall–Kier alpha value is -2.98. The number of benzene rings is 2. The number of nitrogens with zero attached hydrogens (tertiary/aromatic N) is 1. The number of hydrogen-bond donors (Lipinski definition) is 1. The van der Waals surface area contributed by atoms with E-state index in [1.807, 2.05) is 0 Å². The van der Waals surface area contributed by atoms with Crippen LogP contribution < -0.4 is 14.9 Å². The van der Waals surface area contributed by atoms with E-state index < -0.39 is 36.5 Å². The first-order valence-corrected chi connectivity index (χ1v) is 7.16. The second-order valence-corrected chi connectivity index (χ2v) is 4.87. The number of para-hydroxylation sites is 1. The SMILES string of the molecule is FC(F)Oc1ccc(C=NNc2ccccc2C(F)(F)F)c(OC(F)F)c1. The number of hydrazone groups is 1. The maximum Gasteiger partial charge on any atom is 0.418 e. The number of anilines is 1. The zero-order valence-electron chi connectivity index (χ0n) is 13.2. The van der Waals surface area contributed by atoms with Crippen molar-refractivity contribution >= 4 is 11.9 Å². The minimum absolute atomic E-state index is 0.103. The summed E-state index contributed by atoms with van der Waals surface area (Å²) in [5, 5.41) is 3.56. The number of rotatable bonds is 7. The van der Waals surface area contributed by atoms with Crippen molar-refractivity contribution in [3.8, 4) is 11.5 Å². The lowest BCUT2D eigenvalue weighted by Gasteiger charge is -2.12. The summed E-state index contributed by atoms with van der Waals surface area (Å²) in [7, 11) is 0. The van der Waals surface area contributed by atoms with E-state index in [0.29, 0.717) is 0 Å². The quantitative estimate of drug-likeness (QED) is 0.390. The largest absolute Gasteiger partial charge is 0.435 e. The van der Waals surface area contributed by atoms with Gasteiger partial charge in [0.05, 0.1) is 17.5 Å². The van der Waals surface area contributed by atoms with Crippen LogP contribution in [0.4, 0.5) is 36.4 Å². The van der Waals surface area contributed by atoms with E-state index in [1.165, 1.54) is 12.1 Å². The third-order valence-corrected chi connectivity index (χ3v) is 3.05. The lowest BCUT2D eigenvalue weighted by molar-refractivity contribution is -0.137. The van der Waals surface area contributed by atoms with Crippen molar-refractivity contribution in [2.75, 3.05) is 5.43 Å². The molecule has 0 unspecified atom stereocenters. The van der Waals surface area contributed by atoms with Crippen molar-refractivity contribution in [2.24, 2.45) is 5.10 Å². The Morgan fingerprint density at radius 2 is 1.59 bits per heavy atom. The third-order valence-electron chi connectivity index (χ3n) is 3.05. The van der Waals surface area contributed by atoms with E-state index in [4.69, 9.17) is 0 Å². The highest BCUT2D eigenvalue weighted by atomic mass is 19.4. The molecule has 0 fully saturated rings. The number of halogens is 7. The van der Waals surface area contributed by atoms with E-state index >= 15 is 0 Å². The molecule has 0 heterocycles. The van der Waals surface area contributed by atoms with Gasteiger partial charge < -0.3 is 9.47 Å². The normalized spacial score (nSPS) is 12.0. The summed E-state index contributed by atoms with van der Waals surface area (Å²) in [5.74, 6) is -0.981. The molecule has 0 aliphatic carbocycles. The molecule has 0 radical (unpaired) electrons. The van der Waals surface area contributed by atoms with Crippen LogP contribution in [0.2, 0.25) is 0 Å². The molecule has 0 bridgehead atoms. The van der Waals surface area contributed by atoms with Gasteiger partial charge in [-0.15, -0.1) is 0 Å². The lowest BCUT2D eigenvalue weighted by atomic mass is 10.2. The van der Waals surface area contributed by atoms with Crippen LogP contribution in [-0.4, -0.2) is 19.4 Å². The fourth-order valence-corrected chi connectivity index (χ4v) is 1.99. The highest BCUT2D eigenvalue weighted by Gasteiger charge is 2.33. The van der Waals surface area contributed by atoms with E-state index in [-0.39, 0.29) is 11.3 Å². The second-order valence-electron chi connectivity index (χ2n) is 4.87. The van der Waals surface area contributed by atoms with Gasteiger partial charge in [0.1, 0.15) is 11.5 Å². The van der Waals surface area contributed by atoms with E-state index in [2.05, 4.69) is 20.0 Å². The van der Waals surface area contributed by atoms with Crippen molar-refractivity contribution in [3.63, 3.8) is 0 Å². The Morgan fingerprint density at radius 3 is 2.22 bits per heavy atom. The zero-order valence-corrected chi connectivity index (χ0v) is 13.2. The maximum atomic E-state index is 12.9. The Morgan fingerprint density at radius 1 is 0.926 bits per heavy atom. The monoisotopic (exact) mass is 396 g/mol. The van der Waals surface area contributed by atoms with Gasteiger partial charge in [0.15, 0.2) is 0 Å². The van der Waals surface area contributed by atoms with Crippen LogP contribution in [0.5, 0.6) is 11.5 Å². The topological polar surface area (TPSA) is 42.8 Å². The first-order chi connectivity index (χ1) is 12.7. The molecule has 0 aliphatic rings. The molecule has 2 aromatic carbocycles. The molecule has 2 rings (SSSR count). The Balaban J connectivity index is 2.24. The smallest absolute Gasteiger partial charge is 0.418 e. The second kappa shape index (κ2) is 8.60. The zero-order chi connectivity index (χ0) is 20.0. The van der Waals surface area contributed by atoms with Crippen molar-refractivity contribution in [2.45, 2.75) is 19.4 Å². The van der Waals surface area contributed by atoms with Crippen LogP contribution >= 0.6 is 0 Å². The maximum absolute atomic E-state index is 12.9. The summed E-state index contributed by atoms with van der Waals surface area (Å²) in [5.41, 5.74) is 0.703. The molecule has 0 amide bonds. The van der Waals surface area contributed by atoms with Gasteiger partial charge in [0.2, 0.25) is 0 Å². The predicted molar refractivity (Wildman–Crippen MR) is 82.4 cm³/mol. The lowest BCUT2D eigenvalue weighted by Crippen LogP contribution is -2.09. The van der Waals surface area contributed by atoms with Gasteiger partial charge in [0.25, 0.3) is 0 Å². The summed E-state index contributed by atoms with van der Waals surface area (Å²) in [6.07, 6.45) is -3.73. The molecule has 4 nitrogen and oxygen atoms in total. The van der Waals surface area contributed by atoms with Gasteiger partial charge in [-0.3, -0.25) is 5.43 Å². The first-order valence-electron chi connectivity index (χ1n) is 7.16. The summed E-state index contributed by atoms with van der Waals surface area (Å²) in [4.78, 5) is 0. The van der Waals surface area contributed by atoms with Gasteiger partial charge in [-0.2, -0.15) is 35.8 Å². The predicted octanol–water partition coefficient (Wildman–Crippen LogP) is 5.35. The first kappa shape index (κ1) is 20.3. The van der Waals surface area contributed by atoms with Crippen molar-refractivity contribution in [1.29, 1.82) is 0 Å². The molecule has 11 heteroatoms. The summed E-state index contributed by atoms with van der Waals surface area (Å²) < 4.78 is 96.3. The fraction of sp³-hybridized carbons (Fsp3) is 0.188. The molecule has 2 aromatic rings. The van der Waals surface area contributed by atoms with E-state index in [0.717, 1.165) is 36.5 Å². The van der Waals surface area contributed by atoms with Crippen molar-refractivity contribution in [3.05, 3.63) is 53.6 Å². The summed E-state index contributed by atoms with van der Waals surface area (Å²) in [6, 6.07) is 7.38. The van der Waals surface area contributed by atoms with Gasteiger partial charge in [0, 0.05) is 11.6 Å². The fourth-order valence-electron chi connectivity index (χ4n) is 1.99. The van der Waals surface area contributed by atoms with Gasteiger partial charge in [-0.1, -0.05) is 12.1 Å². The Bertz CT molecular complexity index is 795. The van der Waals surface area contributed by atoms with Crippen LogP contribution in [0.15, 0.2) is 47.6 Å². The van der Waals surface area contributed by atoms with E-state index in [9.17, 15) is 30.7 Å². The molecule has 0 atom stereocenters. The highest BCUT2D eigenvalue weighted by Crippen LogP contribution is 2.34. The summed E-state index contributed by atoms with van der Waals surface area (Å²) >= 11 is 0. The Labute approximate surface area is 148 Å². The van der Waals surface area contributed by atoms with E-state index in [1.54, 1.807) is 0 Å². The van der Waals surface area contributed by atoms with Gasteiger partial charge >= 0.3 is 19.4 Å². The number of ether oxygens (including phenoxy) is 2. The highest BCUT2D eigenvalue weighted by molar-refractivity contribution is 5.84. The number of nitrogens with one attached hydrogen (secondary N) is 1. The standard InChI is InChI=1S/C16H11F7N2O2/c17-14(18)26-10-6-5-9(13(7-10)27-15(19)20)8-24-25-12-4-2-1-3-11(12)16(21,22)23/h1-8,14-15,25H. The molecule has 1 N–H and O–H groups in total. The van der Waals surface area contributed by atoms with Crippen LogP contribution in [0.1, 0.15) is 11.1 Å². The van der Waals surface area contributed by atoms with Crippen molar-refractivity contribution in [1.82, 2.24) is 0 Å².